The molecule has 116 valence electrons. The van der Waals surface area contributed by atoms with Crippen molar-refractivity contribution in [2.75, 3.05) is 5.32 Å². The van der Waals surface area contributed by atoms with Gasteiger partial charge in [0.1, 0.15) is 5.82 Å². The van der Waals surface area contributed by atoms with E-state index in [1.54, 1.807) is 35.4 Å². The third-order valence-corrected chi connectivity index (χ3v) is 3.63. The highest BCUT2D eigenvalue weighted by molar-refractivity contribution is 6.07. The molecule has 1 heterocycles. The number of aryl methyl sites for hydroxylation is 2. The Bertz CT molecular complexity index is 857. The summed E-state index contributed by atoms with van der Waals surface area (Å²) in [5.74, 6) is -0.670. The lowest BCUT2D eigenvalue weighted by Crippen LogP contribution is -2.16. The number of halogens is 1. The molecule has 0 saturated heterocycles. The number of anilines is 1. The Morgan fingerprint density at radius 3 is 2.74 bits per heavy atom. The van der Waals surface area contributed by atoms with E-state index < -0.39 is 0 Å². The second kappa shape index (κ2) is 6.04. The number of carbonyl (C=O) groups excluding carboxylic acids is 1. The van der Waals surface area contributed by atoms with Crippen LogP contribution in [0.4, 0.5) is 10.1 Å². The van der Waals surface area contributed by atoms with Crippen molar-refractivity contribution in [1.29, 1.82) is 0 Å². The van der Waals surface area contributed by atoms with Crippen LogP contribution in [0.15, 0.2) is 55.1 Å². The van der Waals surface area contributed by atoms with Gasteiger partial charge in [-0.1, -0.05) is 17.7 Å². The van der Waals surface area contributed by atoms with Gasteiger partial charge in [0.25, 0.3) is 5.91 Å². The summed E-state index contributed by atoms with van der Waals surface area (Å²) in [6.45, 7) is 3.74. The van der Waals surface area contributed by atoms with Crippen LogP contribution in [0.25, 0.3) is 5.69 Å². The van der Waals surface area contributed by atoms with Gasteiger partial charge in [-0.2, -0.15) is 0 Å². The molecule has 1 N–H and O–H groups in total. The Kier molecular flexibility index (Phi) is 3.93. The molecule has 23 heavy (non-hydrogen) atoms. The van der Waals surface area contributed by atoms with Gasteiger partial charge in [-0.05, 0) is 43.7 Å². The second-order valence-corrected chi connectivity index (χ2v) is 5.40. The zero-order valence-corrected chi connectivity index (χ0v) is 12.9. The van der Waals surface area contributed by atoms with Crippen LogP contribution >= 0.6 is 0 Å². The normalized spacial score (nSPS) is 10.6. The van der Waals surface area contributed by atoms with Crippen LogP contribution in [0, 0.1) is 19.7 Å². The highest BCUT2D eigenvalue weighted by atomic mass is 19.1. The number of carbonyl (C=O) groups is 1. The van der Waals surface area contributed by atoms with Crippen LogP contribution in [0.2, 0.25) is 0 Å². The fourth-order valence-electron chi connectivity index (χ4n) is 2.38. The molecule has 2 aromatic carbocycles. The van der Waals surface area contributed by atoms with Gasteiger partial charge in [0.15, 0.2) is 0 Å². The summed E-state index contributed by atoms with van der Waals surface area (Å²) in [4.78, 5) is 16.7. The van der Waals surface area contributed by atoms with E-state index in [2.05, 4.69) is 10.3 Å². The summed E-state index contributed by atoms with van der Waals surface area (Å²) in [5, 5.41) is 2.78. The Morgan fingerprint density at radius 2 is 2.00 bits per heavy atom. The number of aromatic nitrogens is 2. The van der Waals surface area contributed by atoms with Gasteiger partial charge in [-0.25, -0.2) is 9.37 Å². The molecular weight excluding hydrogens is 293 g/mol. The number of nitrogens with zero attached hydrogens (tertiary/aromatic N) is 2. The van der Waals surface area contributed by atoms with E-state index in [1.807, 2.05) is 26.0 Å². The molecule has 0 unspecified atom stereocenters. The molecule has 0 fully saturated rings. The van der Waals surface area contributed by atoms with Crippen LogP contribution in [-0.2, 0) is 0 Å². The van der Waals surface area contributed by atoms with Crippen LogP contribution in [0.3, 0.4) is 0 Å². The van der Waals surface area contributed by atoms with E-state index in [0.29, 0.717) is 11.3 Å². The van der Waals surface area contributed by atoms with Gasteiger partial charge < -0.3 is 9.88 Å². The number of benzene rings is 2. The highest BCUT2D eigenvalue weighted by Gasteiger charge is 2.14. The molecule has 0 spiro atoms. The van der Waals surface area contributed by atoms with E-state index in [4.69, 9.17) is 0 Å². The fraction of sp³-hybridized carbons (Fsp3) is 0.111. The van der Waals surface area contributed by atoms with Crippen molar-refractivity contribution in [3.8, 4) is 5.69 Å². The molecule has 0 aliphatic rings. The lowest BCUT2D eigenvalue weighted by Gasteiger charge is -2.13. The topological polar surface area (TPSA) is 46.9 Å². The standard InChI is InChI=1S/C18H16FN3O/c1-12-3-6-17(22-8-7-20-11-22)15(9-12)18(23)21-16-10-14(19)5-4-13(16)2/h3-11H,1-2H3,(H,21,23). The van der Waals surface area contributed by atoms with E-state index >= 15 is 0 Å². The minimum absolute atomic E-state index is 0.286. The smallest absolute Gasteiger partial charge is 0.257 e. The molecule has 0 aliphatic heterocycles. The number of hydrogen-bond acceptors (Lipinski definition) is 2. The monoisotopic (exact) mass is 309 g/mol. The Balaban J connectivity index is 1.99. The van der Waals surface area contributed by atoms with Crippen molar-refractivity contribution in [1.82, 2.24) is 9.55 Å². The summed E-state index contributed by atoms with van der Waals surface area (Å²) in [7, 11) is 0. The predicted molar refractivity (Wildman–Crippen MR) is 87.4 cm³/mol. The number of amides is 1. The largest absolute Gasteiger partial charge is 0.322 e. The maximum atomic E-state index is 13.4. The molecule has 3 aromatic rings. The predicted octanol–water partition coefficient (Wildman–Crippen LogP) is 3.88. The summed E-state index contributed by atoms with van der Waals surface area (Å²) >= 11 is 0. The van der Waals surface area contributed by atoms with Gasteiger partial charge in [0.2, 0.25) is 0 Å². The average molecular weight is 309 g/mol. The average Bonchev–Trinajstić information content (AvgIpc) is 3.05. The molecule has 1 aromatic heterocycles. The lowest BCUT2D eigenvalue weighted by atomic mass is 10.1. The van der Waals surface area contributed by atoms with Gasteiger partial charge in [0, 0.05) is 18.1 Å². The number of nitrogens with one attached hydrogen (secondary N) is 1. The number of rotatable bonds is 3. The first-order chi connectivity index (χ1) is 11.0. The zero-order chi connectivity index (χ0) is 16.4. The summed E-state index contributed by atoms with van der Waals surface area (Å²) in [6, 6.07) is 9.93. The van der Waals surface area contributed by atoms with Crippen molar-refractivity contribution in [3.63, 3.8) is 0 Å². The molecule has 5 heteroatoms. The first-order valence-electron chi connectivity index (χ1n) is 7.21. The lowest BCUT2D eigenvalue weighted by molar-refractivity contribution is 0.102. The van der Waals surface area contributed by atoms with Crippen LogP contribution in [0.5, 0.6) is 0 Å². The molecule has 3 rings (SSSR count). The molecule has 0 bridgehead atoms. The van der Waals surface area contributed by atoms with Crippen molar-refractivity contribution < 1.29 is 9.18 Å². The van der Waals surface area contributed by atoms with Crippen molar-refractivity contribution in [3.05, 3.63) is 77.6 Å². The van der Waals surface area contributed by atoms with Crippen LogP contribution in [-0.4, -0.2) is 15.5 Å². The maximum Gasteiger partial charge on any atom is 0.257 e. The molecule has 4 nitrogen and oxygen atoms in total. The van der Waals surface area contributed by atoms with Crippen LogP contribution < -0.4 is 5.32 Å². The van der Waals surface area contributed by atoms with E-state index in [9.17, 15) is 9.18 Å². The van der Waals surface area contributed by atoms with Gasteiger partial charge in [-0.15, -0.1) is 0 Å². The Labute approximate surface area is 133 Å². The fourth-order valence-corrected chi connectivity index (χ4v) is 2.38. The molecule has 0 aliphatic carbocycles. The van der Waals surface area contributed by atoms with Gasteiger partial charge in [0.05, 0.1) is 17.6 Å². The third kappa shape index (κ3) is 3.13. The summed E-state index contributed by atoms with van der Waals surface area (Å²) in [5.41, 5.74) is 3.46. The van der Waals surface area contributed by atoms with Gasteiger partial charge in [-0.3, -0.25) is 4.79 Å². The minimum Gasteiger partial charge on any atom is -0.322 e. The second-order valence-electron chi connectivity index (χ2n) is 5.40. The number of imidazole rings is 1. The van der Waals surface area contributed by atoms with Crippen molar-refractivity contribution in [2.24, 2.45) is 0 Å². The highest BCUT2D eigenvalue weighted by Crippen LogP contribution is 2.21. The third-order valence-electron chi connectivity index (χ3n) is 3.63. The molecule has 0 saturated carbocycles. The van der Waals surface area contributed by atoms with Crippen molar-refractivity contribution in [2.45, 2.75) is 13.8 Å². The van der Waals surface area contributed by atoms with E-state index in [1.165, 1.54) is 12.1 Å². The Morgan fingerprint density at radius 1 is 1.17 bits per heavy atom. The van der Waals surface area contributed by atoms with Crippen molar-refractivity contribution >= 4 is 11.6 Å². The SMILES string of the molecule is Cc1ccc(-n2ccnc2)c(C(=O)Nc2cc(F)ccc2C)c1. The molecule has 1 amide bonds. The minimum atomic E-state index is -0.384. The number of hydrogen-bond donors (Lipinski definition) is 1. The Hall–Kier alpha value is -2.95. The van der Waals surface area contributed by atoms with E-state index in [-0.39, 0.29) is 11.7 Å². The molecule has 0 radical (unpaired) electrons. The quantitative estimate of drug-likeness (QED) is 0.798. The molecular formula is C18H16FN3O. The first kappa shape index (κ1) is 15.0. The summed E-state index contributed by atoms with van der Waals surface area (Å²) in [6.07, 6.45) is 5.06. The van der Waals surface area contributed by atoms with E-state index in [0.717, 1.165) is 16.8 Å². The summed E-state index contributed by atoms with van der Waals surface area (Å²) < 4.78 is 15.2. The zero-order valence-electron chi connectivity index (χ0n) is 12.9. The van der Waals surface area contributed by atoms with Gasteiger partial charge >= 0.3 is 0 Å². The maximum absolute atomic E-state index is 13.4. The first-order valence-corrected chi connectivity index (χ1v) is 7.21. The van der Waals surface area contributed by atoms with Crippen LogP contribution in [0.1, 0.15) is 21.5 Å². The molecule has 0 atom stereocenters.